The second-order valence-electron chi connectivity index (χ2n) is 5.05. The smallest absolute Gasteiger partial charge is 0.248 e. The number of anilines is 1. The number of hydrogen-bond donors (Lipinski definition) is 1. The summed E-state index contributed by atoms with van der Waals surface area (Å²) in [6.45, 7) is 6.07. The zero-order valence-corrected chi connectivity index (χ0v) is 12.1. The van der Waals surface area contributed by atoms with E-state index in [4.69, 9.17) is 0 Å². The number of rotatable bonds is 3. The van der Waals surface area contributed by atoms with Gasteiger partial charge in [0, 0.05) is 11.8 Å². The maximum atomic E-state index is 11.9. The fourth-order valence-electron chi connectivity index (χ4n) is 1.98. The molecule has 0 aromatic heterocycles. The van der Waals surface area contributed by atoms with E-state index in [9.17, 15) is 4.79 Å². The van der Waals surface area contributed by atoms with E-state index < -0.39 is 0 Å². The van der Waals surface area contributed by atoms with Crippen molar-refractivity contribution in [2.75, 3.05) is 5.32 Å². The van der Waals surface area contributed by atoms with Gasteiger partial charge in [-0.05, 0) is 44.0 Å². The third kappa shape index (κ3) is 3.82. The number of carbonyl (C=O) groups is 1. The molecular weight excluding hydrogens is 246 g/mol. The van der Waals surface area contributed by atoms with Crippen LogP contribution in [0.3, 0.4) is 0 Å². The molecule has 0 aliphatic carbocycles. The van der Waals surface area contributed by atoms with Gasteiger partial charge < -0.3 is 5.32 Å². The van der Waals surface area contributed by atoms with Crippen LogP contribution in [0.15, 0.2) is 48.5 Å². The Morgan fingerprint density at radius 1 is 0.950 bits per heavy atom. The van der Waals surface area contributed by atoms with E-state index in [1.807, 2.05) is 63.2 Å². The van der Waals surface area contributed by atoms with Gasteiger partial charge in [0.25, 0.3) is 0 Å². The topological polar surface area (TPSA) is 29.1 Å². The van der Waals surface area contributed by atoms with Crippen LogP contribution in [-0.2, 0) is 4.79 Å². The molecule has 0 bridgehead atoms. The third-order valence-electron chi connectivity index (χ3n) is 3.14. The first-order valence-corrected chi connectivity index (χ1v) is 6.67. The largest absolute Gasteiger partial charge is 0.322 e. The van der Waals surface area contributed by atoms with Crippen LogP contribution in [0, 0.1) is 20.8 Å². The van der Waals surface area contributed by atoms with Gasteiger partial charge in [0.1, 0.15) is 0 Å². The predicted molar refractivity (Wildman–Crippen MR) is 84.8 cm³/mol. The maximum absolute atomic E-state index is 11.9. The maximum Gasteiger partial charge on any atom is 0.248 e. The van der Waals surface area contributed by atoms with E-state index in [1.165, 1.54) is 11.1 Å². The standard InChI is InChI=1S/C18H19NO/c1-13-4-7-16(8-5-13)9-11-18(20)19-17-10-6-14(2)12-15(17)3/h4-12H,1-3H3,(H,19,20)/b11-9+. The van der Waals surface area contributed by atoms with Gasteiger partial charge in [0.2, 0.25) is 5.91 Å². The van der Waals surface area contributed by atoms with Crippen molar-refractivity contribution in [2.45, 2.75) is 20.8 Å². The Morgan fingerprint density at radius 2 is 1.60 bits per heavy atom. The van der Waals surface area contributed by atoms with Crippen LogP contribution in [0.2, 0.25) is 0 Å². The highest BCUT2D eigenvalue weighted by atomic mass is 16.1. The lowest BCUT2D eigenvalue weighted by atomic mass is 10.1. The Kier molecular flexibility index (Phi) is 4.36. The minimum Gasteiger partial charge on any atom is -0.322 e. The molecule has 2 heteroatoms. The zero-order valence-electron chi connectivity index (χ0n) is 12.1. The molecule has 20 heavy (non-hydrogen) atoms. The van der Waals surface area contributed by atoms with Crippen LogP contribution < -0.4 is 5.32 Å². The summed E-state index contributed by atoms with van der Waals surface area (Å²) in [5, 5.41) is 2.89. The molecular formula is C18H19NO. The quantitative estimate of drug-likeness (QED) is 0.825. The Balaban J connectivity index is 2.03. The van der Waals surface area contributed by atoms with Gasteiger partial charge in [-0.3, -0.25) is 4.79 Å². The first kappa shape index (κ1) is 14.1. The second kappa shape index (κ2) is 6.20. The lowest BCUT2D eigenvalue weighted by Gasteiger charge is -2.07. The van der Waals surface area contributed by atoms with Gasteiger partial charge >= 0.3 is 0 Å². The molecule has 2 aromatic carbocycles. The van der Waals surface area contributed by atoms with Gasteiger partial charge in [-0.15, -0.1) is 0 Å². The number of nitrogens with one attached hydrogen (secondary N) is 1. The van der Waals surface area contributed by atoms with Crippen molar-refractivity contribution in [1.82, 2.24) is 0 Å². The minimum absolute atomic E-state index is 0.113. The number of aryl methyl sites for hydroxylation is 3. The van der Waals surface area contributed by atoms with Crippen LogP contribution in [0.4, 0.5) is 5.69 Å². The van der Waals surface area contributed by atoms with E-state index in [0.717, 1.165) is 16.8 Å². The van der Waals surface area contributed by atoms with E-state index >= 15 is 0 Å². The number of amides is 1. The van der Waals surface area contributed by atoms with Crippen molar-refractivity contribution in [3.63, 3.8) is 0 Å². The van der Waals surface area contributed by atoms with E-state index in [-0.39, 0.29) is 5.91 Å². The monoisotopic (exact) mass is 265 g/mol. The fraction of sp³-hybridized carbons (Fsp3) is 0.167. The van der Waals surface area contributed by atoms with Crippen molar-refractivity contribution < 1.29 is 4.79 Å². The Labute approximate surface area is 120 Å². The minimum atomic E-state index is -0.113. The van der Waals surface area contributed by atoms with Crippen molar-refractivity contribution in [3.8, 4) is 0 Å². The van der Waals surface area contributed by atoms with E-state index in [2.05, 4.69) is 11.4 Å². The summed E-state index contributed by atoms with van der Waals surface area (Å²) in [5.74, 6) is -0.113. The summed E-state index contributed by atoms with van der Waals surface area (Å²) in [7, 11) is 0. The molecule has 0 radical (unpaired) electrons. The summed E-state index contributed by atoms with van der Waals surface area (Å²) in [5.41, 5.74) is 5.35. The van der Waals surface area contributed by atoms with Crippen LogP contribution >= 0.6 is 0 Å². The van der Waals surface area contributed by atoms with Gasteiger partial charge in [-0.1, -0.05) is 47.5 Å². The summed E-state index contributed by atoms with van der Waals surface area (Å²) < 4.78 is 0. The zero-order chi connectivity index (χ0) is 14.5. The number of benzene rings is 2. The Morgan fingerprint density at radius 3 is 2.25 bits per heavy atom. The summed E-state index contributed by atoms with van der Waals surface area (Å²) in [6.07, 6.45) is 3.38. The van der Waals surface area contributed by atoms with Crippen LogP contribution in [0.1, 0.15) is 22.3 Å². The predicted octanol–water partition coefficient (Wildman–Crippen LogP) is 4.26. The van der Waals surface area contributed by atoms with Crippen LogP contribution in [-0.4, -0.2) is 5.91 Å². The van der Waals surface area contributed by atoms with Gasteiger partial charge in [-0.25, -0.2) is 0 Å². The molecule has 0 saturated carbocycles. The van der Waals surface area contributed by atoms with E-state index in [1.54, 1.807) is 6.08 Å². The van der Waals surface area contributed by atoms with Crippen LogP contribution in [0.25, 0.3) is 6.08 Å². The first-order chi connectivity index (χ1) is 9.54. The normalized spacial score (nSPS) is 10.8. The third-order valence-corrected chi connectivity index (χ3v) is 3.14. The highest BCUT2D eigenvalue weighted by molar-refractivity contribution is 6.02. The lowest BCUT2D eigenvalue weighted by molar-refractivity contribution is -0.111. The van der Waals surface area contributed by atoms with Crippen molar-refractivity contribution in [2.24, 2.45) is 0 Å². The van der Waals surface area contributed by atoms with E-state index in [0.29, 0.717) is 0 Å². The fourth-order valence-corrected chi connectivity index (χ4v) is 1.98. The number of carbonyl (C=O) groups excluding carboxylic acids is 1. The Hall–Kier alpha value is -2.35. The first-order valence-electron chi connectivity index (χ1n) is 6.67. The Bertz CT molecular complexity index is 639. The van der Waals surface area contributed by atoms with Gasteiger partial charge in [0.15, 0.2) is 0 Å². The molecule has 0 fully saturated rings. The highest BCUT2D eigenvalue weighted by Gasteiger charge is 2.01. The average molecular weight is 265 g/mol. The van der Waals surface area contributed by atoms with Gasteiger partial charge in [0.05, 0.1) is 0 Å². The summed E-state index contributed by atoms with van der Waals surface area (Å²) >= 11 is 0. The number of hydrogen-bond acceptors (Lipinski definition) is 1. The highest BCUT2D eigenvalue weighted by Crippen LogP contribution is 2.16. The summed E-state index contributed by atoms with van der Waals surface area (Å²) in [4.78, 5) is 11.9. The molecule has 2 nitrogen and oxygen atoms in total. The second-order valence-corrected chi connectivity index (χ2v) is 5.05. The molecule has 0 spiro atoms. The lowest BCUT2D eigenvalue weighted by Crippen LogP contribution is -2.08. The molecule has 0 unspecified atom stereocenters. The molecule has 1 amide bonds. The molecule has 1 N–H and O–H groups in total. The SMILES string of the molecule is Cc1ccc(/C=C/C(=O)Nc2ccc(C)cc2C)cc1. The summed E-state index contributed by atoms with van der Waals surface area (Å²) in [6, 6.07) is 14.0. The van der Waals surface area contributed by atoms with Crippen molar-refractivity contribution in [3.05, 3.63) is 70.8 Å². The van der Waals surface area contributed by atoms with Crippen LogP contribution in [0.5, 0.6) is 0 Å². The van der Waals surface area contributed by atoms with Crippen molar-refractivity contribution in [1.29, 1.82) is 0 Å². The van der Waals surface area contributed by atoms with Crippen molar-refractivity contribution >= 4 is 17.7 Å². The van der Waals surface area contributed by atoms with Gasteiger partial charge in [-0.2, -0.15) is 0 Å². The molecule has 102 valence electrons. The molecule has 0 saturated heterocycles. The molecule has 0 atom stereocenters. The molecule has 0 aliphatic rings. The molecule has 2 rings (SSSR count). The molecule has 0 aliphatic heterocycles. The molecule has 2 aromatic rings. The molecule has 0 heterocycles. The average Bonchev–Trinajstić information content (AvgIpc) is 2.41.